The van der Waals surface area contributed by atoms with Gasteiger partial charge in [-0.05, 0) is 0 Å². The molecular weight excluding hydrogens is 114 g/mol. The Balaban J connectivity index is 3.51. The van der Waals surface area contributed by atoms with Gasteiger partial charge in [0, 0.05) is 13.5 Å². The van der Waals surface area contributed by atoms with E-state index < -0.39 is 0 Å². The molecule has 0 bridgehead atoms. The summed E-state index contributed by atoms with van der Waals surface area (Å²) in [6.45, 7) is 9.03. The van der Waals surface area contributed by atoms with E-state index >= 15 is 0 Å². The fraction of sp³-hybridized carbons (Fsp3) is 0.286. The summed E-state index contributed by atoms with van der Waals surface area (Å²) in [6, 6.07) is 0. The van der Waals surface area contributed by atoms with Crippen LogP contribution in [0.15, 0.2) is 24.9 Å². The number of hydrogen-bond acceptors (Lipinski definition) is 2. The van der Waals surface area contributed by atoms with Gasteiger partial charge in [-0.25, -0.2) is 0 Å². The Hall–Kier alpha value is -1.05. The van der Waals surface area contributed by atoms with E-state index in [2.05, 4.69) is 18.5 Å². The molecule has 2 heteroatoms. The zero-order valence-electron chi connectivity index (χ0n) is 5.61. The number of allylic oxidation sites excluding steroid dienone is 1. The lowest BCUT2D eigenvalue weighted by Crippen LogP contribution is -2.16. The maximum absolute atomic E-state index is 10.5. The predicted octanol–water partition coefficient (Wildman–Crippen LogP) is 0.865. The molecule has 0 aromatic carbocycles. The molecule has 0 fully saturated rings. The SMILES string of the molecule is C=CCNC(=C)C(C)=O. The minimum Gasteiger partial charge on any atom is -0.379 e. The highest BCUT2D eigenvalue weighted by atomic mass is 16.1. The van der Waals surface area contributed by atoms with Crippen LogP contribution in [-0.4, -0.2) is 12.3 Å². The summed E-state index contributed by atoms with van der Waals surface area (Å²) in [5.74, 6) is -0.0307. The molecule has 0 aromatic heterocycles. The summed E-state index contributed by atoms with van der Waals surface area (Å²) in [6.07, 6.45) is 1.67. The van der Waals surface area contributed by atoms with Crippen LogP contribution < -0.4 is 5.32 Å². The first kappa shape index (κ1) is 7.95. The van der Waals surface area contributed by atoms with Crippen molar-refractivity contribution in [1.82, 2.24) is 5.32 Å². The van der Waals surface area contributed by atoms with E-state index in [4.69, 9.17) is 0 Å². The minimum atomic E-state index is -0.0307. The average molecular weight is 125 g/mol. The third-order valence-corrected chi connectivity index (χ3v) is 0.885. The largest absolute Gasteiger partial charge is 0.379 e. The maximum atomic E-state index is 10.5. The van der Waals surface area contributed by atoms with Gasteiger partial charge < -0.3 is 5.32 Å². The van der Waals surface area contributed by atoms with Crippen LogP contribution in [-0.2, 0) is 4.79 Å². The monoisotopic (exact) mass is 125 g/mol. The van der Waals surface area contributed by atoms with Crippen molar-refractivity contribution in [3.8, 4) is 0 Å². The van der Waals surface area contributed by atoms with Crippen molar-refractivity contribution in [3.63, 3.8) is 0 Å². The first-order valence-electron chi connectivity index (χ1n) is 2.73. The summed E-state index contributed by atoms with van der Waals surface area (Å²) < 4.78 is 0. The Morgan fingerprint density at radius 2 is 2.33 bits per heavy atom. The Morgan fingerprint density at radius 3 is 2.67 bits per heavy atom. The third kappa shape index (κ3) is 3.53. The van der Waals surface area contributed by atoms with Gasteiger partial charge in [0.15, 0.2) is 5.78 Å². The van der Waals surface area contributed by atoms with Gasteiger partial charge in [0.25, 0.3) is 0 Å². The van der Waals surface area contributed by atoms with Crippen molar-refractivity contribution in [2.45, 2.75) is 6.92 Å². The molecular formula is C7H11NO. The van der Waals surface area contributed by atoms with Crippen molar-refractivity contribution in [1.29, 1.82) is 0 Å². The topological polar surface area (TPSA) is 29.1 Å². The highest BCUT2D eigenvalue weighted by molar-refractivity contribution is 5.91. The van der Waals surface area contributed by atoms with Crippen molar-refractivity contribution in [2.24, 2.45) is 0 Å². The molecule has 0 aromatic rings. The molecule has 0 aliphatic rings. The molecule has 0 aliphatic heterocycles. The van der Waals surface area contributed by atoms with Gasteiger partial charge in [0.2, 0.25) is 0 Å². The van der Waals surface area contributed by atoms with E-state index in [1.165, 1.54) is 6.92 Å². The summed E-state index contributed by atoms with van der Waals surface area (Å²) in [5.41, 5.74) is 0.440. The van der Waals surface area contributed by atoms with Crippen molar-refractivity contribution < 1.29 is 4.79 Å². The second kappa shape index (κ2) is 3.89. The quantitative estimate of drug-likeness (QED) is 0.446. The number of hydrogen-bond donors (Lipinski definition) is 1. The van der Waals surface area contributed by atoms with Gasteiger partial charge in [-0.2, -0.15) is 0 Å². The van der Waals surface area contributed by atoms with Gasteiger partial charge in [-0.3, -0.25) is 4.79 Å². The van der Waals surface area contributed by atoms with E-state index in [9.17, 15) is 4.79 Å². The second-order valence-electron chi connectivity index (χ2n) is 1.70. The molecule has 0 saturated heterocycles. The number of rotatable bonds is 4. The summed E-state index contributed by atoms with van der Waals surface area (Å²) >= 11 is 0. The first-order chi connectivity index (χ1) is 4.18. The van der Waals surface area contributed by atoms with Crippen LogP contribution in [0.25, 0.3) is 0 Å². The standard InChI is InChI=1S/C7H11NO/c1-4-5-8-6(2)7(3)9/h4,8H,1-2,5H2,3H3. The van der Waals surface area contributed by atoms with Gasteiger partial charge >= 0.3 is 0 Å². The number of carbonyl (C=O) groups is 1. The molecule has 0 spiro atoms. The lowest BCUT2D eigenvalue weighted by Gasteiger charge is -2.00. The number of Topliss-reactive ketones (excluding diaryl/α,β-unsaturated/α-hetero) is 1. The molecule has 9 heavy (non-hydrogen) atoms. The smallest absolute Gasteiger partial charge is 0.174 e. The van der Waals surface area contributed by atoms with Crippen LogP contribution >= 0.6 is 0 Å². The molecule has 0 saturated carbocycles. The van der Waals surface area contributed by atoms with E-state index in [1.807, 2.05) is 0 Å². The van der Waals surface area contributed by atoms with Crippen LogP contribution in [0.2, 0.25) is 0 Å². The van der Waals surface area contributed by atoms with Gasteiger partial charge in [0.05, 0.1) is 5.70 Å². The number of carbonyl (C=O) groups excluding carboxylic acids is 1. The first-order valence-corrected chi connectivity index (χ1v) is 2.73. The summed E-state index contributed by atoms with van der Waals surface area (Å²) in [5, 5.41) is 2.77. The normalized spacial score (nSPS) is 8.11. The van der Waals surface area contributed by atoms with Crippen molar-refractivity contribution in [2.75, 3.05) is 6.54 Å². The lowest BCUT2D eigenvalue weighted by molar-refractivity contribution is -0.113. The van der Waals surface area contributed by atoms with Crippen molar-refractivity contribution >= 4 is 5.78 Å². The van der Waals surface area contributed by atoms with Crippen LogP contribution in [0.1, 0.15) is 6.92 Å². The van der Waals surface area contributed by atoms with E-state index in [1.54, 1.807) is 6.08 Å². The fourth-order valence-corrected chi connectivity index (χ4v) is 0.320. The van der Waals surface area contributed by atoms with Gasteiger partial charge in [-0.1, -0.05) is 12.7 Å². The van der Waals surface area contributed by atoms with Crippen LogP contribution in [0.5, 0.6) is 0 Å². The number of ketones is 1. The van der Waals surface area contributed by atoms with E-state index in [-0.39, 0.29) is 5.78 Å². The van der Waals surface area contributed by atoms with E-state index in [0.29, 0.717) is 12.2 Å². The molecule has 2 nitrogen and oxygen atoms in total. The van der Waals surface area contributed by atoms with E-state index in [0.717, 1.165) is 0 Å². The Kier molecular flexibility index (Phi) is 3.44. The Labute approximate surface area is 55.3 Å². The summed E-state index contributed by atoms with van der Waals surface area (Å²) in [7, 11) is 0. The second-order valence-corrected chi connectivity index (χ2v) is 1.70. The molecule has 50 valence electrons. The predicted molar refractivity (Wildman–Crippen MR) is 38.0 cm³/mol. The van der Waals surface area contributed by atoms with Gasteiger partial charge in [0.1, 0.15) is 0 Å². The zero-order chi connectivity index (χ0) is 7.28. The highest BCUT2D eigenvalue weighted by Gasteiger charge is 1.94. The van der Waals surface area contributed by atoms with Gasteiger partial charge in [-0.15, -0.1) is 6.58 Å². The van der Waals surface area contributed by atoms with Crippen LogP contribution in [0, 0.1) is 0 Å². The minimum absolute atomic E-state index is 0.0307. The molecule has 0 amide bonds. The average Bonchev–Trinajstić information content (AvgIpc) is 1.82. The van der Waals surface area contributed by atoms with Crippen LogP contribution in [0.3, 0.4) is 0 Å². The lowest BCUT2D eigenvalue weighted by atomic mass is 10.3. The third-order valence-electron chi connectivity index (χ3n) is 0.885. The van der Waals surface area contributed by atoms with Crippen molar-refractivity contribution in [3.05, 3.63) is 24.9 Å². The highest BCUT2D eigenvalue weighted by Crippen LogP contribution is 1.83. The molecule has 0 atom stereocenters. The Morgan fingerprint density at radius 1 is 1.78 bits per heavy atom. The summed E-state index contributed by atoms with van der Waals surface area (Å²) in [4.78, 5) is 10.5. The molecule has 0 unspecified atom stereocenters. The number of nitrogens with one attached hydrogen (secondary N) is 1. The molecule has 0 radical (unpaired) electrons. The molecule has 0 aliphatic carbocycles. The maximum Gasteiger partial charge on any atom is 0.174 e. The molecule has 0 rings (SSSR count). The Bertz CT molecular complexity index is 138. The molecule has 1 N–H and O–H groups in total. The molecule has 0 heterocycles. The van der Waals surface area contributed by atoms with Crippen LogP contribution in [0.4, 0.5) is 0 Å². The zero-order valence-corrected chi connectivity index (χ0v) is 5.61. The fourth-order valence-electron chi connectivity index (χ4n) is 0.320.